The van der Waals surface area contributed by atoms with Crippen molar-refractivity contribution < 1.29 is 14.3 Å². The van der Waals surface area contributed by atoms with Gasteiger partial charge in [-0.3, -0.25) is 19.4 Å². The second-order valence-corrected chi connectivity index (χ2v) is 11.0. The normalized spacial score (nSPS) is 29.9. The van der Waals surface area contributed by atoms with Gasteiger partial charge in [0.25, 0.3) is 0 Å². The van der Waals surface area contributed by atoms with Crippen LogP contribution in [0.4, 0.5) is 5.69 Å². The number of anilines is 1. The third-order valence-corrected chi connectivity index (χ3v) is 8.63. The molecule has 3 fully saturated rings. The summed E-state index contributed by atoms with van der Waals surface area (Å²) in [6, 6.07) is 13.7. The van der Waals surface area contributed by atoms with Crippen LogP contribution in [0.2, 0.25) is 10.0 Å². The number of halogens is 2. The number of fused-ring (bicyclic) bond motifs is 3. The second-order valence-electron chi connectivity index (χ2n) is 10.2. The van der Waals surface area contributed by atoms with E-state index in [9.17, 15) is 9.59 Å². The van der Waals surface area contributed by atoms with Gasteiger partial charge in [0.1, 0.15) is 5.54 Å². The van der Waals surface area contributed by atoms with Gasteiger partial charge in [0.05, 0.1) is 13.2 Å². The average Bonchev–Trinajstić information content (AvgIpc) is 3.40. The van der Waals surface area contributed by atoms with Gasteiger partial charge in [0.2, 0.25) is 5.91 Å². The van der Waals surface area contributed by atoms with Gasteiger partial charge in [-0.15, -0.1) is 0 Å². The number of nitrogens with zero attached hydrogens (tertiary/aromatic N) is 2. The first kappa shape index (κ1) is 23.3. The van der Waals surface area contributed by atoms with Gasteiger partial charge in [-0.2, -0.15) is 0 Å². The van der Waals surface area contributed by atoms with Crippen LogP contribution in [0.5, 0.6) is 0 Å². The fraction of sp³-hybridized carbons (Fsp3) is 0.481. The molecule has 2 aromatic rings. The molecule has 8 heteroatoms. The smallest absolute Gasteiger partial charge is 0.320 e. The number of nitrogens with one attached hydrogen (secondary N) is 1. The summed E-state index contributed by atoms with van der Waals surface area (Å²) in [5.41, 5.74) is 1.85. The van der Waals surface area contributed by atoms with Crippen molar-refractivity contribution in [3.63, 3.8) is 0 Å². The van der Waals surface area contributed by atoms with Crippen LogP contribution in [-0.2, 0) is 19.9 Å². The van der Waals surface area contributed by atoms with Crippen molar-refractivity contribution in [2.24, 2.45) is 5.92 Å². The number of rotatable bonds is 6. The Balaban J connectivity index is 1.54. The molecular formula is C27H29Cl2N3O3. The highest BCUT2D eigenvalue weighted by Gasteiger charge is 2.69. The maximum atomic E-state index is 14.2. The molecule has 0 aromatic heterocycles. The summed E-state index contributed by atoms with van der Waals surface area (Å²) in [6.07, 6.45) is 3.27. The van der Waals surface area contributed by atoms with Gasteiger partial charge in [-0.05, 0) is 61.9 Å². The predicted octanol–water partition coefficient (Wildman–Crippen LogP) is 4.66. The zero-order chi connectivity index (χ0) is 24.3. The predicted molar refractivity (Wildman–Crippen MR) is 136 cm³/mol. The van der Waals surface area contributed by atoms with Crippen molar-refractivity contribution in [2.45, 2.75) is 49.7 Å². The van der Waals surface area contributed by atoms with Crippen LogP contribution in [0.3, 0.4) is 0 Å². The Bertz CT molecular complexity index is 1190. The first-order valence-corrected chi connectivity index (χ1v) is 13.2. The van der Waals surface area contributed by atoms with Crippen molar-refractivity contribution in [2.75, 3.05) is 31.6 Å². The topological polar surface area (TPSA) is 61.9 Å². The van der Waals surface area contributed by atoms with E-state index in [2.05, 4.69) is 21.2 Å². The van der Waals surface area contributed by atoms with Gasteiger partial charge in [-0.1, -0.05) is 41.4 Å². The summed E-state index contributed by atoms with van der Waals surface area (Å²) >= 11 is 12.8. The molecule has 0 radical (unpaired) electrons. The minimum atomic E-state index is -0.893. The van der Waals surface area contributed by atoms with Crippen LogP contribution in [0.1, 0.15) is 43.2 Å². The van der Waals surface area contributed by atoms with Crippen LogP contribution >= 0.6 is 23.2 Å². The summed E-state index contributed by atoms with van der Waals surface area (Å²) in [5.74, 6) is 0.139. The molecule has 3 aliphatic heterocycles. The van der Waals surface area contributed by atoms with E-state index in [1.807, 2.05) is 43.3 Å². The van der Waals surface area contributed by atoms with E-state index in [1.165, 1.54) is 12.8 Å². The molecule has 4 unspecified atom stereocenters. The monoisotopic (exact) mass is 513 g/mol. The number of esters is 1. The third kappa shape index (κ3) is 3.69. The fourth-order valence-electron chi connectivity index (χ4n) is 6.76. The molecular weight excluding hydrogens is 485 g/mol. The van der Waals surface area contributed by atoms with Gasteiger partial charge in [-0.25, -0.2) is 0 Å². The average molecular weight is 514 g/mol. The van der Waals surface area contributed by atoms with Crippen molar-refractivity contribution in [1.82, 2.24) is 9.80 Å². The highest BCUT2D eigenvalue weighted by Crippen LogP contribution is 2.61. The lowest BCUT2D eigenvalue weighted by atomic mass is 9.73. The zero-order valence-electron chi connectivity index (χ0n) is 19.7. The summed E-state index contributed by atoms with van der Waals surface area (Å²) in [5, 5.41) is 4.40. The quantitative estimate of drug-likeness (QED) is 0.569. The summed E-state index contributed by atoms with van der Waals surface area (Å²) < 4.78 is 5.31. The molecule has 4 atom stereocenters. The molecule has 3 heterocycles. The van der Waals surface area contributed by atoms with Crippen LogP contribution in [0.15, 0.2) is 42.5 Å². The Labute approximate surface area is 215 Å². The van der Waals surface area contributed by atoms with Crippen LogP contribution in [0, 0.1) is 5.92 Å². The zero-order valence-corrected chi connectivity index (χ0v) is 21.2. The van der Waals surface area contributed by atoms with Crippen LogP contribution in [-0.4, -0.2) is 60.0 Å². The number of hydrogen-bond acceptors (Lipinski definition) is 5. The Kier molecular flexibility index (Phi) is 5.83. The summed E-state index contributed by atoms with van der Waals surface area (Å²) in [7, 11) is 0. The van der Waals surface area contributed by atoms with E-state index in [0.29, 0.717) is 22.6 Å². The Morgan fingerprint density at radius 2 is 1.94 bits per heavy atom. The maximum Gasteiger partial charge on any atom is 0.320 e. The molecule has 6 nitrogen and oxygen atoms in total. The minimum Gasteiger partial charge on any atom is -0.465 e. The number of hydrogen-bond donors (Lipinski definition) is 1. The van der Waals surface area contributed by atoms with E-state index in [4.69, 9.17) is 27.9 Å². The van der Waals surface area contributed by atoms with Crippen molar-refractivity contribution in [1.29, 1.82) is 0 Å². The molecule has 1 spiro atoms. The highest BCUT2D eigenvalue weighted by atomic mass is 35.5. The van der Waals surface area contributed by atoms with Crippen molar-refractivity contribution in [3.8, 4) is 0 Å². The molecule has 4 aliphatic rings. The molecule has 6 rings (SSSR count). The number of carbonyl (C=O) groups excluding carboxylic acids is 2. The van der Waals surface area contributed by atoms with E-state index in [1.54, 1.807) is 0 Å². The van der Waals surface area contributed by atoms with Crippen LogP contribution in [0.25, 0.3) is 0 Å². The first-order valence-electron chi connectivity index (χ1n) is 12.5. The number of benzene rings is 2. The lowest BCUT2D eigenvalue weighted by molar-refractivity contribution is -0.144. The van der Waals surface area contributed by atoms with E-state index >= 15 is 0 Å². The van der Waals surface area contributed by atoms with E-state index < -0.39 is 5.54 Å². The second kappa shape index (κ2) is 8.77. The highest BCUT2D eigenvalue weighted by molar-refractivity contribution is 6.31. The Morgan fingerprint density at radius 3 is 2.69 bits per heavy atom. The van der Waals surface area contributed by atoms with Crippen LogP contribution < -0.4 is 5.32 Å². The Hall–Kier alpha value is -2.12. The number of ether oxygens (including phenoxy) is 1. The number of likely N-dealkylation sites (tertiary alicyclic amines) is 2. The van der Waals surface area contributed by atoms with Gasteiger partial charge < -0.3 is 10.1 Å². The molecule has 1 N–H and O–H groups in total. The molecule has 2 aromatic carbocycles. The maximum absolute atomic E-state index is 14.2. The lowest BCUT2D eigenvalue weighted by Gasteiger charge is -2.41. The lowest BCUT2D eigenvalue weighted by Crippen LogP contribution is -2.53. The first-order chi connectivity index (χ1) is 16.9. The van der Waals surface area contributed by atoms with Gasteiger partial charge in [0, 0.05) is 52.4 Å². The van der Waals surface area contributed by atoms with Gasteiger partial charge in [0.15, 0.2) is 0 Å². The molecule has 184 valence electrons. The molecule has 0 bridgehead atoms. The number of amides is 1. The molecule has 35 heavy (non-hydrogen) atoms. The van der Waals surface area contributed by atoms with Crippen molar-refractivity contribution >= 4 is 40.8 Å². The standard InChI is InChI=1S/C27H29Cl2N3O3/c1-2-35-23(33)15-31-11-10-22-25(31)24(17-4-3-5-18(28)12-17)27(32(22)14-16-6-7-16)20-9-8-19(29)13-21(20)30-26(27)34/h3-5,8-9,12-13,16,22,24-25H,2,6-7,10-11,14-15H2,1H3,(H,30,34). The Morgan fingerprint density at radius 1 is 1.14 bits per heavy atom. The summed E-state index contributed by atoms with van der Waals surface area (Å²) in [6.45, 7) is 4.05. The molecule has 2 saturated heterocycles. The van der Waals surface area contributed by atoms with Gasteiger partial charge >= 0.3 is 5.97 Å². The number of carbonyl (C=O) groups is 2. The molecule has 1 amide bonds. The van der Waals surface area contributed by atoms with E-state index in [0.717, 1.165) is 36.3 Å². The van der Waals surface area contributed by atoms with E-state index in [-0.39, 0.29) is 36.4 Å². The largest absolute Gasteiger partial charge is 0.465 e. The molecule has 1 aliphatic carbocycles. The van der Waals surface area contributed by atoms with Crippen molar-refractivity contribution in [3.05, 3.63) is 63.6 Å². The SMILES string of the molecule is CCOC(=O)CN1CCC2C1C(c1cccc(Cl)c1)C1(C(=O)Nc3cc(Cl)ccc31)N2CC1CC1. The molecule has 1 saturated carbocycles. The third-order valence-electron chi connectivity index (χ3n) is 8.16. The minimum absolute atomic E-state index is 0.0223. The summed E-state index contributed by atoms with van der Waals surface area (Å²) in [4.78, 5) is 31.4. The fourth-order valence-corrected chi connectivity index (χ4v) is 7.13.